The molecule has 0 aliphatic carbocycles. The molecule has 1 fully saturated rings. The summed E-state index contributed by atoms with van der Waals surface area (Å²) in [4.78, 5) is 23.5. The molecule has 0 spiro atoms. The Morgan fingerprint density at radius 2 is 1.90 bits per heavy atom. The average molecular weight is 307 g/mol. The largest absolute Gasteiger partial charge is 0.419 e. The Morgan fingerprint density at radius 3 is 2.48 bits per heavy atom. The number of carbonyl (C=O) groups is 2. The lowest BCUT2D eigenvalue weighted by Gasteiger charge is -2.29. The van der Waals surface area contributed by atoms with Gasteiger partial charge in [0.2, 0.25) is 0 Å². The van der Waals surface area contributed by atoms with E-state index in [-0.39, 0.29) is 16.2 Å². The van der Waals surface area contributed by atoms with Crippen LogP contribution in [0.25, 0.3) is 0 Å². The molecule has 0 radical (unpaired) electrons. The van der Waals surface area contributed by atoms with Crippen LogP contribution < -0.4 is 5.32 Å². The fraction of sp³-hybridized carbons (Fsp3) is 0.214. The number of esters is 2. The summed E-state index contributed by atoms with van der Waals surface area (Å²) in [6.45, 7) is 2.91. The molecule has 0 saturated carbocycles. The van der Waals surface area contributed by atoms with Crippen molar-refractivity contribution in [1.82, 2.24) is 0 Å². The van der Waals surface area contributed by atoms with Gasteiger partial charge in [-0.05, 0) is 12.1 Å². The standard InChI is InChI=1S/C14H11ClN2O4/c1-14(2)20-12(18)9(13(19)21-14)7-17-11-5-3-4-10(15)8(11)6-16/h3-5,7,17H,1-2H3. The summed E-state index contributed by atoms with van der Waals surface area (Å²) in [5.74, 6) is -2.90. The first-order valence-corrected chi connectivity index (χ1v) is 6.34. The summed E-state index contributed by atoms with van der Waals surface area (Å²) in [7, 11) is 0. The molecule has 0 amide bonds. The lowest BCUT2D eigenvalue weighted by atomic mass is 10.2. The van der Waals surface area contributed by atoms with E-state index < -0.39 is 17.7 Å². The fourth-order valence-corrected chi connectivity index (χ4v) is 1.90. The zero-order valence-electron chi connectivity index (χ0n) is 11.3. The minimum atomic E-state index is -1.29. The topological polar surface area (TPSA) is 88.4 Å². The predicted octanol–water partition coefficient (Wildman–Crippen LogP) is 2.34. The van der Waals surface area contributed by atoms with Crippen LogP contribution >= 0.6 is 11.6 Å². The molecule has 1 N–H and O–H groups in total. The van der Waals surface area contributed by atoms with Crippen LogP contribution in [0.15, 0.2) is 30.0 Å². The summed E-state index contributed by atoms with van der Waals surface area (Å²) in [6, 6.07) is 6.71. The highest BCUT2D eigenvalue weighted by Gasteiger charge is 2.38. The van der Waals surface area contributed by atoms with Crippen molar-refractivity contribution in [3.05, 3.63) is 40.6 Å². The molecule has 1 saturated heterocycles. The summed E-state index contributed by atoms with van der Waals surface area (Å²) < 4.78 is 9.89. The van der Waals surface area contributed by atoms with Gasteiger partial charge < -0.3 is 14.8 Å². The van der Waals surface area contributed by atoms with E-state index >= 15 is 0 Å². The highest BCUT2D eigenvalue weighted by atomic mass is 35.5. The van der Waals surface area contributed by atoms with Crippen molar-refractivity contribution in [2.24, 2.45) is 0 Å². The SMILES string of the molecule is CC1(C)OC(=O)C(=CNc2cccc(Cl)c2C#N)C(=O)O1. The molecule has 6 nitrogen and oxygen atoms in total. The monoisotopic (exact) mass is 306 g/mol. The Kier molecular flexibility index (Phi) is 3.87. The second kappa shape index (κ2) is 5.46. The maximum atomic E-state index is 11.7. The number of nitrogens with zero attached hydrogens (tertiary/aromatic N) is 1. The molecule has 0 bridgehead atoms. The van der Waals surface area contributed by atoms with Crippen LogP contribution in [0.5, 0.6) is 0 Å². The van der Waals surface area contributed by atoms with Gasteiger partial charge in [-0.15, -0.1) is 0 Å². The quantitative estimate of drug-likeness (QED) is 0.512. The molecule has 21 heavy (non-hydrogen) atoms. The van der Waals surface area contributed by atoms with E-state index in [1.807, 2.05) is 6.07 Å². The summed E-state index contributed by atoms with van der Waals surface area (Å²) >= 11 is 5.88. The molecular weight excluding hydrogens is 296 g/mol. The van der Waals surface area contributed by atoms with Crippen molar-refractivity contribution in [3.8, 4) is 6.07 Å². The molecule has 1 aromatic rings. The van der Waals surface area contributed by atoms with Crippen LogP contribution in [0.4, 0.5) is 5.69 Å². The van der Waals surface area contributed by atoms with E-state index in [0.717, 1.165) is 6.20 Å². The Bertz CT molecular complexity index is 667. The van der Waals surface area contributed by atoms with Crippen molar-refractivity contribution in [1.29, 1.82) is 5.26 Å². The van der Waals surface area contributed by atoms with E-state index in [4.69, 9.17) is 26.3 Å². The van der Waals surface area contributed by atoms with Crippen LogP contribution in [0.3, 0.4) is 0 Å². The molecule has 108 valence electrons. The minimum Gasteiger partial charge on any atom is -0.419 e. The summed E-state index contributed by atoms with van der Waals surface area (Å²) in [5, 5.41) is 12.0. The second-order valence-corrected chi connectivity index (χ2v) is 5.06. The van der Waals surface area contributed by atoms with Crippen molar-refractivity contribution in [3.63, 3.8) is 0 Å². The lowest BCUT2D eigenvalue weighted by Crippen LogP contribution is -2.42. The van der Waals surface area contributed by atoms with Gasteiger partial charge in [-0.2, -0.15) is 5.26 Å². The Labute approximate surface area is 125 Å². The first-order valence-electron chi connectivity index (χ1n) is 5.96. The molecule has 7 heteroatoms. The van der Waals surface area contributed by atoms with Crippen LogP contribution in [0.1, 0.15) is 19.4 Å². The highest BCUT2D eigenvalue weighted by molar-refractivity contribution is 6.32. The number of nitriles is 1. The third-order valence-electron chi connectivity index (χ3n) is 2.61. The number of ether oxygens (including phenoxy) is 2. The second-order valence-electron chi connectivity index (χ2n) is 4.66. The predicted molar refractivity (Wildman–Crippen MR) is 74.1 cm³/mol. The van der Waals surface area contributed by atoms with Gasteiger partial charge >= 0.3 is 11.9 Å². The van der Waals surface area contributed by atoms with Gasteiger partial charge in [0.1, 0.15) is 6.07 Å². The normalized spacial score (nSPS) is 16.6. The Hall–Kier alpha value is -2.52. The molecule has 1 aliphatic heterocycles. The van der Waals surface area contributed by atoms with Gasteiger partial charge in [-0.3, -0.25) is 0 Å². The molecule has 0 atom stereocenters. The van der Waals surface area contributed by atoms with Crippen molar-refractivity contribution < 1.29 is 19.1 Å². The van der Waals surface area contributed by atoms with Gasteiger partial charge in [0.05, 0.1) is 16.3 Å². The molecule has 2 rings (SSSR count). The molecule has 0 aromatic heterocycles. The van der Waals surface area contributed by atoms with Gasteiger partial charge in [0, 0.05) is 20.0 Å². The molecule has 1 aromatic carbocycles. The number of anilines is 1. The highest BCUT2D eigenvalue weighted by Crippen LogP contribution is 2.25. The van der Waals surface area contributed by atoms with E-state index in [2.05, 4.69) is 5.32 Å². The minimum absolute atomic E-state index is 0.203. The van der Waals surface area contributed by atoms with E-state index in [9.17, 15) is 9.59 Å². The summed E-state index contributed by atoms with van der Waals surface area (Å²) in [5.41, 5.74) is 0.273. The Morgan fingerprint density at radius 1 is 1.29 bits per heavy atom. The van der Waals surface area contributed by atoms with E-state index in [0.29, 0.717) is 5.69 Å². The van der Waals surface area contributed by atoms with Crippen molar-refractivity contribution >= 4 is 29.2 Å². The number of hydrogen-bond acceptors (Lipinski definition) is 6. The lowest BCUT2D eigenvalue weighted by molar-refractivity contribution is -0.222. The number of carbonyl (C=O) groups excluding carboxylic acids is 2. The number of hydrogen-bond donors (Lipinski definition) is 1. The fourth-order valence-electron chi connectivity index (χ4n) is 1.69. The zero-order valence-corrected chi connectivity index (χ0v) is 12.0. The van der Waals surface area contributed by atoms with Gasteiger partial charge in [-0.25, -0.2) is 9.59 Å². The maximum Gasteiger partial charge on any atom is 0.350 e. The van der Waals surface area contributed by atoms with Crippen LogP contribution in [-0.2, 0) is 19.1 Å². The third kappa shape index (κ3) is 3.15. The smallest absolute Gasteiger partial charge is 0.350 e. The van der Waals surface area contributed by atoms with Crippen molar-refractivity contribution in [2.45, 2.75) is 19.6 Å². The number of rotatable bonds is 2. The number of benzene rings is 1. The van der Waals surface area contributed by atoms with Gasteiger partial charge in [-0.1, -0.05) is 17.7 Å². The van der Waals surface area contributed by atoms with E-state index in [1.54, 1.807) is 18.2 Å². The van der Waals surface area contributed by atoms with Crippen molar-refractivity contribution in [2.75, 3.05) is 5.32 Å². The number of halogens is 1. The van der Waals surface area contributed by atoms with E-state index in [1.165, 1.54) is 13.8 Å². The first-order chi connectivity index (χ1) is 9.84. The first kappa shape index (κ1) is 14.9. The van der Waals surface area contributed by atoms with Gasteiger partial charge in [0.15, 0.2) is 5.57 Å². The van der Waals surface area contributed by atoms with Crippen LogP contribution in [-0.4, -0.2) is 17.7 Å². The maximum absolute atomic E-state index is 11.7. The molecule has 0 unspecified atom stereocenters. The summed E-state index contributed by atoms with van der Waals surface area (Å²) in [6.07, 6.45) is 1.13. The third-order valence-corrected chi connectivity index (χ3v) is 2.93. The van der Waals surface area contributed by atoms with Crippen LogP contribution in [0, 0.1) is 11.3 Å². The zero-order chi connectivity index (χ0) is 15.6. The molecule has 1 heterocycles. The molecular formula is C14H11ClN2O4. The average Bonchev–Trinajstić information content (AvgIpc) is 2.36. The van der Waals surface area contributed by atoms with Crippen LogP contribution in [0.2, 0.25) is 5.02 Å². The number of nitrogens with one attached hydrogen (secondary N) is 1. The van der Waals surface area contributed by atoms with Gasteiger partial charge in [0.25, 0.3) is 5.79 Å². The Balaban J connectivity index is 2.27. The number of cyclic esters (lactones) is 2. The molecule has 1 aliphatic rings.